The molecule has 17 heavy (non-hydrogen) atoms. The van der Waals surface area contributed by atoms with Crippen LogP contribution in [-0.2, 0) is 4.79 Å². The van der Waals surface area contributed by atoms with E-state index in [4.69, 9.17) is 5.73 Å². The van der Waals surface area contributed by atoms with Crippen molar-refractivity contribution in [1.82, 2.24) is 5.32 Å². The summed E-state index contributed by atoms with van der Waals surface area (Å²) < 4.78 is 0. The number of nitrogens with one attached hydrogen (secondary N) is 1. The summed E-state index contributed by atoms with van der Waals surface area (Å²) in [6.07, 6.45) is 9.08. The molecule has 0 unspecified atom stereocenters. The lowest BCUT2D eigenvalue weighted by Crippen LogP contribution is -2.53. The van der Waals surface area contributed by atoms with Gasteiger partial charge in [-0.1, -0.05) is 19.8 Å². The fourth-order valence-electron chi connectivity index (χ4n) is 3.32. The van der Waals surface area contributed by atoms with E-state index in [0.717, 1.165) is 31.6 Å². The van der Waals surface area contributed by atoms with Gasteiger partial charge in [0.1, 0.15) is 0 Å². The molecule has 0 radical (unpaired) electrons. The van der Waals surface area contributed by atoms with E-state index >= 15 is 0 Å². The van der Waals surface area contributed by atoms with Gasteiger partial charge in [-0.3, -0.25) is 4.79 Å². The van der Waals surface area contributed by atoms with Crippen LogP contribution in [0.5, 0.6) is 0 Å². The first-order valence-corrected chi connectivity index (χ1v) is 7.17. The SMILES string of the molecule is CC1CCC(C(=O)NC2(CN)CCCC2)CC1. The van der Waals surface area contributed by atoms with Crippen LogP contribution in [0.4, 0.5) is 0 Å². The first-order chi connectivity index (χ1) is 8.15. The molecule has 2 aliphatic rings. The highest BCUT2D eigenvalue weighted by Crippen LogP contribution is 2.32. The average Bonchev–Trinajstić information content (AvgIpc) is 2.79. The van der Waals surface area contributed by atoms with E-state index in [-0.39, 0.29) is 17.4 Å². The predicted octanol–water partition coefficient (Wildman–Crippen LogP) is 2.20. The smallest absolute Gasteiger partial charge is 0.223 e. The molecular weight excluding hydrogens is 212 g/mol. The van der Waals surface area contributed by atoms with Gasteiger partial charge in [-0.25, -0.2) is 0 Å². The van der Waals surface area contributed by atoms with Crippen LogP contribution < -0.4 is 11.1 Å². The standard InChI is InChI=1S/C14H26N2O/c1-11-4-6-12(7-5-11)13(17)16-14(10-15)8-2-3-9-14/h11-12H,2-10,15H2,1H3,(H,16,17). The van der Waals surface area contributed by atoms with Gasteiger partial charge in [0.25, 0.3) is 0 Å². The Morgan fingerprint density at radius 3 is 2.35 bits per heavy atom. The number of hydrogen-bond acceptors (Lipinski definition) is 2. The molecule has 2 saturated carbocycles. The number of carbonyl (C=O) groups excluding carboxylic acids is 1. The summed E-state index contributed by atoms with van der Waals surface area (Å²) in [5.74, 6) is 1.31. The van der Waals surface area contributed by atoms with Crippen LogP contribution in [0.3, 0.4) is 0 Å². The highest BCUT2D eigenvalue weighted by atomic mass is 16.2. The number of amides is 1. The molecule has 98 valence electrons. The third-order valence-electron chi connectivity index (χ3n) is 4.73. The Morgan fingerprint density at radius 1 is 1.24 bits per heavy atom. The van der Waals surface area contributed by atoms with Crippen LogP contribution in [0, 0.1) is 11.8 Å². The lowest BCUT2D eigenvalue weighted by molar-refractivity contribution is -0.128. The van der Waals surface area contributed by atoms with Crippen LogP contribution in [-0.4, -0.2) is 18.0 Å². The van der Waals surface area contributed by atoms with E-state index in [2.05, 4.69) is 12.2 Å². The highest BCUT2D eigenvalue weighted by Gasteiger charge is 2.36. The second-order valence-electron chi connectivity index (χ2n) is 6.14. The zero-order valence-electron chi connectivity index (χ0n) is 11.0. The highest BCUT2D eigenvalue weighted by molar-refractivity contribution is 5.79. The third-order valence-corrected chi connectivity index (χ3v) is 4.73. The van der Waals surface area contributed by atoms with E-state index in [0.29, 0.717) is 6.54 Å². The van der Waals surface area contributed by atoms with Gasteiger partial charge in [0.2, 0.25) is 5.91 Å². The van der Waals surface area contributed by atoms with Crippen molar-refractivity contribution < 1.29 is 4.79 Å². The molecule has 0 heterocycles. The molecule has 3 heteroatoms. The Morgan fingerprint density at radius 2 is 1.82 bits per heavy atom. The molecule has 2 rings (SSSR count). The molecule has 2 fully saturated rings. The fourth-order valence-corrected chi connectivity index (χ4v) is 3.32. The minimum Gasteiger partial charge on any atom is -0.349 e. The van der Waals surface area contributed by atoms with Gasteiger partial charge in [0.15, 0.2) is 0 Å². The molecule has 3 nitrogen and oxygen atoms in total. The van der Waals surface area contributed by atoms with E-state index in [1.165, 1.54) is 25.7 Å². The van der Waals surface area contributed by atoms with E-state index in [1.54, 1.807) is 0 Å². The number of rotatable bonds is 3. The lowest BCUT2D eigenvalue weighted by Gasteiger charge is -2.33. The molecule has 3 N–H and O–H groups in total. The summed E-state index contributed by atoms with van der Waals surface area (Å²) in [6, 6.07) is 0. The summed E-state index contributed by atoms with van der Waals surface area (Å²) >= 11 is 0. The predicted molar refractivity (Wildman–Crippen MR) is 69.5 cm³/mol. The van der Waals surface area contributed by atoms with Gasteiger partial charge in [0, 0.05) is 12.5 Å². The second kappa shape index (κ2) is 5.38. The zero-order chi connectivity index (χ0) is 12.3. The van der Waals surface area contributed by atoms with Crippen molar-refractivity contribution in [3.05, 3.63) is 0 Å². The fraction of sp³-hybridized carbons (Fsp3) is 0.929. The topological polar surface area (TPSA) is 55.1 Å². The Labute approximate surface area is 105 Å². The normalized spacial score (nSPS) is 32.4. The Bertz CT molecular complexity index is 263. The monoisotopic (exact) mass is 238 g/mol. The average molecular weight is 238 g/mol. The maximum atomic E-state index is 12.3. The molecule has 0 spiro atoms. The van der Waals surface area contributed by atoms with Crippen LogP contribution in [0.15, 0.2) is 0 Å². The van der Waals surface area contributed by atoms with Gasteiger partial charge < -0.3 is 11.1 Å². The maximum Gasteiger partial charge on any atom is 0.223 e. The van der Waals surface area contributed by atoms with Crippen LogP contribution in [0.25, 0.3) is 0 Å². The van der Waals surface area contributed by atoms with Gasteiger partial charge in [-0.05, 0) is 44.4 Å². The largest absolute Gasteiger partial charge is 0.349 e. The lowest BCUT2D eigenvalue weighted by atomic mass is 9.82. The summed E-state index contributed by atoms with van der Waals surface area (Å²) in [6.45, 7) is 2.88. The van der Waals surface area contributed by atoms with Gasteiger partial charge in [-0.15, -0.1) is 0 Å². The molecule has 1 amide bonds. The summed E-state index contributed by atoms with van der Waals surface area (Å²) in [5.41, 5.74) is 5.78. The Kier molecular flexibility index (Phi) is 4.08. The molecule has 0 bridgehead atoms. The van der Waals surface area contributed by atoms with E-state index in [1.807, 2.05) is 0 Å². The van der Waals surface area contributed by atoms with E-state index in [9.17, 15) is 4.79 Å². The summed E-state index contributed by atoms with van der Waals surface area (Å²) in [5, 5.41) is 3.26. The van der Waals surface area contributed by atoms with Gasteiger partial charge in [-0.2, -0.15) is 0 Å². The van der Waals surface area contributed by atoms with Crippen molar-refractivity contribution in [2.24, 2.45) is 17.6 Å². The van der Waals surface area contributed by atoms with Crippen molar-refractivity contribution >= 4 is 5.91 Å². The quantitative estimate of drug-likeness (QED) is 0.792. The third kappa shape index (κ3) is 3.01. The van der Waals surface area contributed by atoms with Crippen molar-refractivity contribution in [2.45, 2.75) is 63.8 Å². The molecule has 0 saturated heterocycles. The van der Waals surface area contributed by atoms with E-state index < -0.39 is 0 Å². The Hall–Kier alpha value is -0.570. The first kappa shape index (κ1) is 12.9. The zero-order valence-corrected chi connectivity index (χ0v) is 11.0. The maximum absolute atomic E-state index is 12.3. The van der Waals surface area contributed by atoms with Crippen molar-refractivity contribution in [1.29, 1.82) is 0 Å². The molecular formula is C14H26N2O. The molecule has 2 aliphatic carbocycles. The molecule has 0 aromatic heterocycles. The minimum absolute atomic E-state index is 0.0693. The number of carbonyl (C=O) groups is 1. The summed E-state index contributed by atoms with van der Waals surface area (Å²) in [4.78, 5) is 12.3. The van der Waals surface area contributed by atoms with Crippen molar-refractivity contribution in [3.63, 3.8) is 0 Å². The van der Waals surface area contributed by atoms with Crippen molar-refractivity contribution in [3.8, 4) is 0 Å². The number of nitrogens with two attached hydrogens (primary N) is 1. The van der Waals surface area contributed by atoms with Crippen LogP contribution in [0.1, 0.15) is 58.3 Å². The summed E-state index contributed by atoms with van der Waals surface area (Å²) in [7, 11) is 0. The second-order valence-corrected chi connectivity index (χ2v) is 6.14. The van der Waals surface area contributed by atoms with Gasteiger partial charge in [0.05, 0.1) is 5.54 Å². The first-order valence-electron chi connectivity index (χ1n) is 7.17. The van der Waals surface area contributed by atoms with Gasteiger partial charge >= 0.3 is 0 Å². The van der Waals surface area contributed by atoms with Crippen molar-refractivity contribution in [2.75, 3.05) is 6.54 Å². The molecule has 0 aliphatic heterocycles. The molecule has 0 aromatic rings. The van der Waals surface area contributed by atoms with Crippen LogP contribution in [0.2, 0.25) is 0 Å². The molecule has 0 aromatic carbocycles. The number of hydrogen-bond donors (Lipinski definition) is 2. The van der Waals surface area contributed by atoms with Crippen LogP contribution >= 0.6 is 0 Å². The minimum atomic E-state index is -0.0693. The molecule has 0 atom stereocenters. The Balaban J connectivity index is 1.87.